The topological polar surface area (TPSA) is 77.8 Å². The Morgan fingerprint density at radius 3 is 2.04 bits per heavy atom. The van der Waals surface area contributed by atoms with E-state index >= 15 is 0 Å². The Kier molecular flexibility index (Phi) is 4.53. The van der Waals surface area contributed by atoms with Crippen LogP contribution in [0.2, 0.25) is 0 Å². The van der Waals surface area contributed by atoms with Crippen LogP contribution in [-0.4, -0.2) is 20.4 Å². The van der Waals surface area contributed by atoms with Gasteiger partial charge in [0.1, 0.15) is 0 Å². The van der Waals surface area contributed by atoms with Crippen LogP contribution in [0.1, 0.15) is 17.0 Å². The first kappa shape index (κ1) is 16.5. The zero-order valence-corrected chi connectivity index (χ0v) is 15.2. The number of aromatic nitrogens is 4. The Labute approximate surface area is 154 Å². The summed E-state index contributed by atoms with van der Waals surface area (Å²) in [5.41, 5.74) is 4.10. The fourth-order valence-corrected chi connectivity index (χ4v) is 3.09. The molecule has 0 fully saturated rings. The van der Waals surface area contributed by atoms with Gasteiger partial charge in [-0.25, -0.2) is 0 Å². The third kappa shape index (κ3) is 3.67. The average Bonchev–Trinajstić information content (AvgIpc) is 3.30. The van der Waals surface area contributed by atoms with E-state index < -0.39 is 0 Å². The van der Waals surface area contributed by atoms with E-state index in [-0.39, 0.29) is 0 Å². The molecular formula is C19H16N4O2S. The van der Waals surface area contributed by atoms with Crippen LogP contribution in [0.3, 0.4) is 0 Å². The summed E-state index contributed by atoms with van der Waals surface area (Å²) in [4.78, 5) is 0. The Bertz CT molecular complexity index is 957. The van der Waals surface area contributed by atoms with Crippen molar-refractivity contribution >= 4 is 11.8 Å². The summed E-state index contributed by atoms with van der Waals surface area (Å²) in [5, 5.41) is 16.8. The molecule has 4 aromatic rings. The molecular weight excluding hydrogens is 348 g/mol. The van der Waals surface area contributed by atoms with Crippen LogP contribution in [0.25, 0.3) is 22.9 Å². The normalized spacial score (nSPS) is 11.0. The summed E-state index contributed by atoms with van der Waals surface area (Å²) in [7, 11) is 0. The average molecular weight is 364 g/mol. The van der Waals surface area contributed by atoms with Crippen LogP contribution in [0, 0.1) is 13.8 Å². The van der Waals surface area contributed by atoms with Gasteiger partial charge in [0.2, 0.25) is 17.7 Å². The van der Waals surface area contributed by atoms with Crippen LogP contribution < -0.4 is 0 Å². The lowest BCUT2D eigenvalue weighted by Crippen LogP contribution is -1.80. The predicted molar refractivity (Wildman–Crippen MR) is 98.5 cm³/mol. The standard InChI is InChI=1S/C19H16N4O2S/c1-12-5-3-7-14(9-12)17-21-20-16(24-17)11-26-19-23-22-18(25-19)15-8-4-6-13(2)10-15/h3-10H,11H2,1-2H3. The molecule has 0 saturated carbocycles. The minimum Gasteiger partial charge on any atom is -0.420 e. The van der Waals surface area contributed by atoms with Gasteiger partial charge in [0.25, 0.3) is 5.22 Å². The fraction of sp³-hybridized carbons (Fsp3) is 0.158. The van der Waals surface area contributed by atoms with Gasteiger partial charge >= 0.3 is 0 Å². The lowest BCUT2D eigenvalue weighted by Gasteiger charge is -1.96. The lowest BCUT2D eigenvalue weighted by atomic mass is 10.1. The van der Waals surface area contributed by atoms with Crippen molar-refractivity contribution in [2.45, 2.75) is 24.8 Å². The summed E-state index contributed by atoms with van der Waals surface area (Å²) in [6.07, 6.45) is 0. The van der Waals surface area contributed by atoms with Crippen LogP contribution in [0.4, 0.5) is 0 Å². The minimum absolute atomic E-state index is 0.467. The van der Waals surface area contributed by atoms with Crippen LogP contribution in [0.5, 0.6) is 0 Å². The lowest BCUT2D eigenvalue weighted by molar-refractivity contribution is 0.464. The highest BCUT2D eigenvalue weighted by molar-refractivity contribution is 7.98. The van der Waals surface area contributed by atoms with E-state index in [0.29, 0.717) is 28.6 Å². The predicted octanol–water partition coefficient (Wildman–Crippen LogP) is 4.70. The molecule has 0 radical (unpaired) electrons. The van der Waals surface area contributed by atoms with Gasteiger partial charge in [0.05, 0.1) is 5.75 Å². The van der Waals surface area contributed by atoms with Crippen molar-refractivity contribution in [3.05, 3.63) is 65.5 Å². The number of thioether (sulfide) groups is 1. The second kappa shape index (κ2) is 7.13. The molecule has 4 rings (SSSR count). The van der Waals surface area contributed by atoms with Gasteiger partial charge in [-0.2, -0.15) is 0 Å². The molecule has 0 aliphatic carbocycles. The maximum Gasteiger partial charge on any atom is 0.277 e. The van der Waals surface area contributed by atoms with Crippen molar-refractivity contribution in [1.82, 2.24) is 20.4 Å². The van der Waals surface area contributed by atoms with Crippen LogP contribution in [0.15, 0.2) is 62.6 Å². The summed E-state index contributed by atoms with van der Waals surface area (Å²) >= 11 is 1.37. The molecule has 0 bridgehead atoms. The third-order valence-electron chi connectivity index (χ3n) is 3.72. The summed E-state index contributed by atoms with van der Waals surface area (Å²) in [5.74, 6) is 1.99. The van der Waals surface area contributed by atoms with Crippen molar-refractivity contribution < 1.29 is 8.83 Å². The number of benzene rings is 2. The van der Waals surface area contributed by atoms with Gasteiger partial charge in [0.15, 0.2) is 0 Å². The van der Waals surface area contributed by atoms with E-state index in [1.807, 2.05) is 62.4 Å². The highest BCUT2D eigenvalue weighted by Crippen LogP contribution is 2.27. The molecule has 2 heterocycles. The second-order valence-electron chi connectivity index (χ2n) is 5.90. The van der Waals surface area contributed by atoms with Gasteiger partial charge in [-0.3, -0.25) is 0 Å². The Morgan fingerprint density at radius 1 is 0.769 bits per heavy atom. The number of nitrogens with zero attached hydrogens (tertiary/aromatic N) is 4. The van der Waals surface area contributed by atoms with E-state index in [4.69, 9.17) is 8.83 Å². The molecule has 0 amide bonds. The largest absolute Gasteiger partial charge is 0.420 e. The number of hydrogen-bond donors (Lipinski definition) is 0. The third-order valence-corrected chi connectivity index (χ3v) is 4.53. The first-order valence-electron chi connectivity index (χ1n) is 8.10. The Morgan fingerprint density at radius 2 is 1.38 bits per heavy atom. The zero-order valence-electron chi connectivity index (χ0n) is 14.3. The molecule has 26 heavy (non-hydrogen) atoms. The van der Waals surface area contributed by atoms with E-state index in [0.717, 1.165) is 22.3 Å². The van der Waals surface area contributed by atoms with E-state index in [9.17, 15) is 0 Å². The molecule has 0 atom stereocenters. The first-order valence-corrected chi connectivity index (χ1v) is 9.09. The number of hydrogen-bond acceptors (Lipinski definition) is 7. The Balaban J connectivity index is 1.44. The SMILES string of the molecule is Cc1cccc(-c2nnc(CSc3nnc(-c4cccc(C)c4)o3)o2)c1. The van der Waals surface area contributed by atoms with E-state index in [1.54, 1.807) is 0 Å². The monoisotopic (exact) mass is 364 g/mol. The zero-order chi connectivity index (χ0) is 17.9. The highest BCUT2D eigenvalue weighted by atomic mass is 32.2. The van der Waals surface area contributed by atoms with Gasteiger partial charge in [0, 0.05) is 11.1 Å². The van der Waals surface area contributed by atoms with E-state index in [1.165, 1.54) is 11.8 Å². The van der Waals surface area contributed by atoms with Gasteiger partial charge in [-0.15, -0.1) is 20.4 Å². The second-order valence-corrected chi connectivity index (χ2v) is 6.83. The molecule has 7 heteroatoms. The molecule has 0 unspecified atom stereocenters. The molecule has 0 N–H and O–H groups in total. The van der Waals surface area contributed by atoms with Gasteiger partial charge in [-0.05, 0) is 38.1 Å². The maximum absolute atomic E-state index is 5.72. The molecule has 2 aromatic carbocycles. The molecule has 130 valence electrons. The van der Waals surface area contributed by atoms with E-state index in [2.05, 4.69) is 20.4 Å². The molecule has 0 aliphatic rings. The smallest absolute Gasteiger partial charge is 0.277 e. The van der Waals surface area contributed by atoms with Crippen molar-refractivity contribution in [3.63, 3.8) is 0 Å². The van der Waals surface area contributed by atoms with Crippen LogP contribution >= 0.6 is 11.8 Å². The van der Waals surface area contributed by atoms with Crippen molar-refractivity contribution in [2.24, 2.45) is 0 Å². The summed E-state index contributed by atoms with van der Waals surface area (Å²) in [6, 6.07) is 15.9. The summed E-state index contributed by atoms with van der Waals surface area (Å²) in [6.45, 7) is 4.05. The molecule has 0 saturated heterocycles. The highest BCUT2D eigenvalue weighted by Gasteiger charge is 2.13. The number of aryl methyl sites for hydroxylation is 2. The maximum atomic E-state index is 5.72. The Hall–Kier alpha value is -2.93. The molecule has 0 aliphatic heterocycles. The molecule has 0 spiro atoms. The van der Waals surface area contributed by atoms with Crippen molar-refractivity contribution in [2.75, 3.05) is 0 Å². The summed E-state index contributed by atoms with van der Waals surface area (Å²) < 4.78 is 11.4. The first-order chi connectivity index (χ1) is 12.7. The van der Waals surface area contributed by atoms with Crippen molar-refractivity contribution in [3.8, 4) is 22.9 Å². The minimum atomic E-state index is 0.467. The number of rotatable bonds is 5. The fourth-order valence-electron chi connectivity index (χ4n) is 2.49. The molecule has 6 nitrogen and oxygen atoms in total. The molecule has 2 aromatic heterocycles. The van der Waals surface area contributed by atoms with Gasteiger partial charge in [-0.1, -0.05) is 47.2 Å². The van der Waals surface area contributed by atoms with Crippen molar-refractivity contribution in [1.29, 1.82) is 0 Å². The van der Waals surface area contributed by atoms with Gasteiger partial charge < -0.3 is 8.83 Å². The quantitative estimate of drug-likeness (QED) is 0.475. The van der Waals surface area contributed by atoms with Crippen LogP contribution in [-0.2, 0) is 5.75 Å².